The van der Waals surface area contributed by atoms with Crippen molar-refractivity contribution in [3.8, 4) is 38.8 Å². The Morgan fingerprint density at radius 2 is 1.20 bits per heavy atom. The molecule has 3 N–H and O–H groups in total. The van der Waals surface area contributed by atoms with Crippen molar-refractivity contribution in [2.24, 2.45) is 5.73 Å². The third-order valence-electron chi connectivity index (χ3n) is 5.95. The highest BCUT2D eigenvalue weighted by molar-refractivity contribution is 9.09. The number of carbonyl (C=O) groups excluding carboxylic acids is 3. The van der Waals surface area contributed by atoms with Crippen LogP contribution in [0.2, 0.25) is 0 Å². The first-order chi connectivity index (χ1) is 25.9. The number of aromatic carboxylic acids is 1. The van der Waals surface area contributed by atoms with Gasteiger partial charge in [0, 0.05) is 64.2 Å². The minimum absolute atomic E-state index is 0.0336. The minimum atomic E-state index is -1.02. The van der Waals surface area contributed by atoms with E-state index in [2.05, 4.69) is 45.6 Å². The first-order valence-electron chi connectivity index (χ1n) is 15.3. The van der Waals surface area contributed by atoms with Gasteiger partial charge in [-0.1, -0.05) is 28.1 Å². The Labute approximate surface area is 331 Å². The fourth-order valence-electron chi connectivity index (χ4n) is 3.38. The lowest BCUT2D eigenvalue weighted by molar-refractivity contribution is -0.152. The number of nitrogens with two attached hydrogens (primary N) is 1. The Kier molecular flexibility index (Phi) is 19.9. The molecular weight excluding hydrogens is 829 g/mol. The summed E-state index contributed by atoms with van der Waals surface area (Å²) < 4.78 is 24.0. The van der Waals surface area contributed by atoms with E-state index in [1.165, 1.54) is 35.2 Å². The summed E-state index contributed by atoms with van der Waals surface area (Å²) in [6.07, 6.45) is 4.84. The molecule has 0 unspecified atom stereocenters. The number of halogens is 1. The number of carboxylic acids is 1. The van der Waals surface area contributed by atoms with E-state index in [0.29, 0.717) is 39.9 Å². The summed E-state index contributed by atoms with van der Waals surface area (Å²) in [4.78, 5) is 63.5. The molecule has 54 heavy (non-hydrogen) atoms. The topological polar surface area (TPSA) is 225 Å². The van der Waals surface area contributed by atoms with Gasteiger partial charge >= 0.3 is 17.9 Å². The number of Topliss-reactive ketones (excluding diaryl/α,β-unsaturated/α-hetero) is 1. The molecule has 0 radical (unpaired) electrons. The lowest BCUT2D eigenvalue weighted by Gasteiger charge is -1.99. The van der Waals surface area contributed by atoms with E-state index in [1.807, 2.05) is 6.07 Å². The van der Waals surface area contributed by atoms with Crippen molar-refractivity contribution >= 4 is 79.5 Å². The summed E-state index contributed by atoms with van der Waals surface area (Å²) in [5, 5.41) is 13.3. The maximum atomic E-state index is 11.5. The summed E-state index contributed by atoms with van der Waals surface area (Å²) in [5.41, 5.74) is 8.10. The van der Waals surface area contributed by atoms with Crippen molar-refractivity contribution < 1.29 is 48.0 Å². The molecule has 0 spiro atoms. The first kappa shape index (κ1) is 44.7. The molecule has 5 aromatic heterocycles. The molecule has 0 aliphatic carbocycles. The summed E-state index contributed by atoms with van der Waals surface area (Å²) >= 11 is 10.2. The van der Waals surface area contributed by atoms with Crippen LogP contribution in [0.5, 0.6) is 17.6 Å². The number of pyridine rings is 3. The van der Waals surface area contributed by atoms with Crippen molar-refractivity contribution in [2.45, 2.75) is 13.8 Å². The average Bonchev–Trinajstić information content (AvgIpc) is 3.91. The number of thiazole rings is 2. The summed E-state index contributed by atoms with van der Waals surface area (Å²) in [6, 6.07) is 10.6. The second kappa shape index (κ2) is 24.0. The van der Waals surface area contributed by atoms with E-state index in [0.717, 1.165) is 21.7 Å². The largest absolute Gasteiger partial charge is 0.481 e. The molecule has 0 bridgehead atoms. The number of ether oxygens (including phenoxy) is 5. The normalized spacial score (nSPS) is 9.67. The van der Waals surface area contributed by atoms with Crippen LogP contribution < -0.4 is 19.9 Å². The lowest BCUT2D eigenvalue weighted by Crippen LogP contribution is -2.17. The number of rotatable bonds is 12. The molecule has 5 rings (SSSR count). The van der Waals surface area contributed by atoms with Crippen molar-refractivity contribution in [2.75, 3.05) is 39.9 Å². The highest BCUT2D eigenvalue weighted by Crippen LogP contribution is 2.25. The molecule has 0 aliphatic rings. The molecule has 5 heterocycles. The van der Waals surface area contributed by atoms with E-state index in [-0.39, 0.29) is 17.6 Å². The Morgan fingerprint density at radius 3 is 1.56 bits per heavy atom. The number of hydrogen-bond acceptors (Lipinski definition) is 17. The van der Waals surface area contributed by atoms with Crippen LogP contribution in [-0.4, -0.2) is 98.6 Å². The zero-order valence-corrected chi connectivity index (χ0v) is 33.5. The van der Waals surface area contributed by atoms with Crippen LogP contribution in [0.3, 0.4) is 0 Å². The summed E-state index contributed by atoms with van der Waals surface area (Å²) in [6.45, 7) is 4.01. The molecular formula is C34H35BrN6O10S3. The van der Waals surface area contributed by atoms with Gasteiger partial charge in [-0.25, -0.2) is 39.3 Å². The van der Waals surface area contributed by atoms with Crippen LogP contribution >= 0.6 is 50.8 Å². The number of carbonyl (C=O) groups is 4. The smallest absolute Gasteiger partial charge is 0.375 e. The van der Waals surface area contributed by atoms with Gasteiger partial charge in [0.25, 0.3) is 0 Å². The van der Waals surface area contributed by atoms with Crippen LogP contribution in [0.1, 0.15) is 40.4 Å². The van der Waals surface area contributed by atoms with Crippen LogP contribution in [0.15, 0.2) is 65.7 Å². The Morgan fingerprint density at radius 1 is 0.741 bits per heavy atom. The summed E-state index contributed by atoms with van der Waals surface area (Å²) in [5.74, 6) is -1.12. The van der Waals surface area contributed by atoms with Gasteiger partial charge in [-0.3, -0.25) is 4.79 Å². The Hall–Kier alpha value is -5.44. The second-order valence-electron chi connectivity index (χ2n) is 9.51. The maximum Gasteiger partial charge on any atom is 0.375 e. The fraction of sp³-hybridized carbons (Fsp3) is 0.235. The highest BCUT2D eigenvalue weighted by atomic mass is 79.9. The van der Waals surface area contributed by atoms with Gasteiger partial charge in [-0.05, 0) is 32.0 Å². The fourth-order valence-corrected chi connectivity index (χ4v) is 5.29. The van der Waals surface area contributed by atoms with E-state index in [1.54, 1.807) is 82.4 Å². The number of aromatic nitrogens is 5. The van der Waals surface area contributed by atoms with Crippen molar-refractivity contribution in [1.29, 1.82) is 0 Å². The van der Waals surface area contributed by atoms with Gasteiger partial charge in [0.1, 0.15) is 15.0 Å². The molecule has 5 aromatic rings. The molecule has 0 saturated heterocycles. The molecule has 0 aliphatic heterocycles. The highest BCUT2D eigenvalue weighted by Gasteiger charge is 2.13. The molecule has 16 nitrogen and oxygen atoms in total. The van der Waals surface area contributed by atoms with Crippen molar-refractivity contribution in [3.05, 3.63) is 82.7 Å². The number of alkyl halides is 1. The van der Waals surface area contributed by atoms with Crippen molar-refractivity contribution in [1.82, 2.24) is 24.9 Å². The zero-order chi connectivity index (χ0) is 40.0. The molecule has 0 fully saturated rings. The molecule has 286 valence electrons. The number of hydrogen-bond donors (Lipinski definition) is 2. The molecule has 0 atom stereocenters. The van der Waals surface area contributed by atoms with Crippen molar-refractivity contribution in [3.63, 3.8) is 0 Å². The molecule has 0 saturated carbocycles. The number of ketones is 1. The number of esters is 2. The van der Waals surface area contributed by atoms with Gasteiger partial charge < -0.3 is 34.5 Å². The van der Waals surface area contributed by atoms with Crippen LogP contribution in [0.25, 0.3) is 21.1 Å². The average molecular weight is 864 g/mol. The predicted molar refractivity (Wildman–Crippen MR) is 209 cm³/mol. The van der Waals surface area contributed by atoms with Gasteiger partial charge in [0.05, 0.1) is 39.9 Å². The third kappa shape index (κ3) is 14.9. The number of nitrogens with zero attached hydrogens (tertiary/aromatic N) is 5. The van der Waals surface area contributed by atoms with Crippen LogP contribution in [0.4, 0.5) is 0 Å². The SMILES string of the molecule is CCOC(=O)C(=O)CBr.CCOC(=O)c1csc(-c2ccc(OC)nc2)n1.COc1ccc(-c2nc(C(=O)O)cs2)cn1.COc1ccc(C(N)=S)cn1. The Bertz CT molecular complexity index is 1960. The lowest BCUT2D eigenvalue weighted by atomic mass is 10.3. The standard InChI is InChI=1S/C12H12N2O3S.C10H8N2O3S.C7H8N2OS.C5H7BrO3/c1-3-17-12(15)9-7-18-11(14-9)8-4-5-10(16-2)13-6-8;1-15-8-3-2-6(4-11-8)9-12-7(5-16-9)10(13)14;1-10-6-3-2-5(4-9-6)7(8)11;1-2-9-5(8)4(7)3-6/h4-7H,3H2,1-2H3;2-5H,1H3,(H,13,14);2-4H,1H3,(H2,8,11);2-3H2,1H3. The number of carboxylic acid groups (broad SMARTS) is 1. The van der Waals surface area contributed by atoms with Gasteiger partial charge in [0.15, 0.2) is 11.4 Å². The zero-order valence-electron chi connectivity index (χ0n) is 29.5. The molecule has 0 aromatic carbocycles. The second-order valence-corrected chi connectivity index (χ2v) is 12.2. The van der Waals surface area contributed by atoms with E-state index in [4.69, 9.17) is 42.0 Å². The minimum Gasteiger partial charge on any atom is -0.481 e. The quantitative estimate of drug-likeness (QED) is 0.0679. The monoisotopic (exact) mass is 862 g/mol. The third-order valence-corrected chi connectivity index (χ3v) is 8.48. The number of thiocarbonyl (C=S) groups is 1. The maximum absolute atomic E-state index is 11.5. The van der Waals surface area contributed by atoms with Crippen LogP contribution in [-0.2, 0) is 19.1 Å². The van der Waals surface area contributed by atoms with Crippen LogP contribution in [0, 0.1) is 0 Å². The predicted octanol–water partition coefficient (Wildman–Crippen LogP) is 5.54. The van der Waals surface area contributed by atoms with E-state index in [9.17, 15) is 19.2 Å². The van der Waals surface area contributed by atoms with Gasteiger partial charge in [0.2, 0.25) is 23.4 Å². The van der Waals surface area contributed by atoms with Gasteiger partial charge in [-0.15, -0.1) is 22.7 Å². The molecule has 0 amide bonds. The molecule has 20 heteroatoms. The summed E-state index contributed by atoms with van der Waals surface area (Å²) in [7, 11) is 4.65. The van der Waals surface area contributed by atoms with E-state index < -0.39 is 23.7 Å². The first-order valence-corrected chi connectivity index (χ1v) is 18.6. The van der Waals surface area contributed by atoms with E-state index >= 15 is 0 Å². The van der Waals surface area contributed by atoms with Gasteiger partial charge in [-0.2, -0.15) is 0 Å². The Balaban J connectivity index is 0.000000258. The number of methoxy groups -OCH3 is 3.